The molecule has 1 aliphatic heterocycles. The largest absolute Gasteiger partial charge is 0.394 e. The van der Waals surface area contributed by atoms with E-state index in [1.165, 1.54) is 0 Å². The second-order valence-electron chi connectivity index (χ2n) is 6.25. The van der Waals surface area contributed by atoms with Crippen molar-refractivity contribution >= 4 is 32.0 Å². The van der Waals surface area contributed by atoms with Crippen molar-refractivity contribution in [3.8, 4) is 0 Å². The number of nitrogens with one attached hydrogen (secondary N) is 2. The zero-order chi connectivity index (χ0) is 17.4. The van der Waals surface area contributed by atoms with Crippen molar-refractivity contribution in [1.29, 1.82) is 0 Å². The molecule has 3 heterocycles. The summed E-state index contributed by atoms with van der Waals surface area (Å²) in [6.45, 7) is 3.49. The van der Waals surface area contributed by atoms with E-state index in [-0.39, 0.29) is 47.5 Å². The SMILES string of the molecule is CC(C)C(=O)Nc1cc2c(ncn2C2C[C@H](P)C(CO)O2)c(=O)[nH]1. The maximum absolute atomic E-state index is 12.2. The van der Waals surface area contributed by atoms with E-state index >= 15 is 0 Å². The van der Waals surface area contributed by atoms with Crippen molar-refractivity contribution < 1.29 is 14.6 Å². The van der Waals surface area contributed by atoms with Gasteiger partial charge in [-0.05, 0) is 0 Å². The van der Waals surface area contributed by atoms with Crippen LogP contribution in [-0.2, 0) is 9.53 Å². The number of aromatic nitrogens is 3. The van der Waals surface area contributed by atoms with Gasteiger partial charge in [0, 0.05) is 24.1 Å². The lowest BCUT2D eigenvalue weighted by Crippen LogP contribution is -2.21. The number of carbonyl (C=O) groups excluding carboxylic acids is 1. The molecule has 2 aromatic heterocycles. The number of H-pyrrole nitrogens is 1. The summed E-state index contributed by atoms with van der Waals surface area (Å²) >= 11 is 0. The zero-order valence-electron chi connectivity index (χ0n) is 13.5. The number of aromatic amines is 1. The van der Waals surface area contributed by atoms with Crippen molar-refractivity contribution in [2.45, 2.75) is 38.3 Å². The summed E-state index contributed by atoms with van der Waals surface area (Å²) in [5.41, 5.74) is 0.622. The lowest BCUT2D eigenvalue weighted by Gasteiger charge is -2.15. The summed E-state index contributed by atoms with van der Waals surface area (Å²) in [7, 11) is 2.67. The van der Waals surface area contributed by atoms with E-state index in [0.29, 0.717) is 17.8 Å². The molecule has 3 rings (SSSR count). The van der Waals surface area contributed by atoms with Crippen molar-refractivity contribution in [2.24, 2.45) is 5.92 Å². The summed E-state index contributed by atoms with van der Waals surface area (Å²) in [6, 6.07) is 1.68. The maximum atomic E-state index is 12.2. The first-order valence-corrected chi connectivity index (χ1v) is 8.50. The molecule has 1 fully saturated rings. The van der Waals surface area contributed by atoms with Gasteiger partial charge in [0.1, 0.15) is 12.0 Å². The first-order chi connectivity index (χ1) is 11.4. The van der Waals surface area contributed by atoms with Crippen molar-refractivity contribution in [3.05, 3.63) is 22.7 Å². The topological polar surface area (TPSA) is 109 Å². The molecule has 1 amide bonds. The van der Waals surface area contributed by atoms with Crippen LogP contribution in [0.15, 0.2) is 17.2 Å². The van der Waals surface area contributed by atoms with E-state index in [9.17, 15) is 14.7 Å². The lowest BCUT2D eigenvalue weighted by atomic mass is 10.2. The number of nitrogens with zero attached hydrogens (tertiary/aromatic N) is 2. The molecule has 0 bridgehead atoms. The predicted octanol–water partition coefficient (Wildman–Crippen LogP) is 0.843. The van der Waals surface area contributed by atoms with Crippen LogP contribution in [0.5, 0.6) is 0 Å². The number of ether oxygens (including phenoxy) is 1. The number of carbonyl (C=O) groups is 1. The highest BCUT2D eigenvalue weighted by atomic mass is 31.0. The Morgan fingerprint density at radius 3 is 3.00 bits per heavy atom. The van der Waals surface area contributed by atoms with E-state index < -0.39 is 0 Å². The van der Waals surface area contributed by atoms with Gasteiger partial charge in [-0.25, -0.2) is 4.98 Å². The van der Waals surface area contributed by atoms with Gasteiger partial charge in [-0.15, -0.1) is 9.24 Å². The number of aliphatic hydroxyl groups excluding tert-OH is 1. The van der Waals surface area contributed by atoms with Gasteiger partial charge in [0.05, 0.1) is 24.6 Å². The Morgan fingerprint density at radius 2 is 2.38 bits per heavy atom. The molecule has 24 heavy (non-hydrogen) atoms. The van der Waals surface area contributed by atoms with Crippen molar-refractivity contribution in [2.75, 3.05) is 11.9 Å². The maximum Gasteiger partial charge on any atom is 0.277 e. The van der Waals surface area contributed by atoms with Crippen molar-refractivity contribution in [3.63, 3.8) is 0 Å². The third-order valence-corrected chi connectivity index (χ3v) is 4.83. The molecule has 8 nitrogen and oxygen atoms in total. The van der Waals surface area contributed by atoms with Gasteiger partial charge < -0.3 is 24.7 Å². The number of aliphatic hydroxyl groups is 1. The minimum atomic E-state index is -0.371. The first kappa shape index (κ1) is 17.1. The summed E-state index contributed by atoms with van der Waals surface area (Å²) in [5.74, 6) is -0.0545. The van der Waals surface area contributed by atoms with Crippen LogP contribution in [0.4, 0.5) is 5.82 Å². The number of amides is 1. The van der Waals surface area contributed by atoms with Gasteiger partial charge in [0.15, 0.2) is 5.52 Å². The third kappa shape index (κ3) is 3.09. The molecule has 0 aliphatic carbocycles. The molecule has 3 N–H and O–H groups in total. The van der Waals surface area contributed by atoms with Gasteiger partial charge in [-0.3, -0.25) is 9.59 Å². The Labute approximate surface area is 140 Å². The van der Waals surface area contributed by atoms with Crippen LogP contribution in [0, 0.1) is 5.92 Å². The summed E-state index contributed by atoms with van der Waals surface area (Å²) < 4.78 is 7.59. The lowest BCUT2D eigenvalue weighted by molar-refractivity contribution is -0.118. The highest BCUT2D eigenvalue weighted by molar-refractivity contribution is 7.17. The van der Waals surface area contributed by atoms with E-state index in [0.717, 1.165) is 0 Å². The standard InChI is InChI=1S/C15H21N4O4P/c1-7(2)14(21)17-11-3-8-13(15(22)18-11)16-6-19(8)12-4-10(24)9(5-20)23-12/h3,6-7,9-10,12,20H,4-5,24H2,1-2H3,(H2,17,18,21,22)/t9?,10-,12?/m0/s1. The fraction of sp³-hybridized carbons (Fsp3) is 0.533. The summed E-state index contributed by atoms with van der Waals surface area (Å²) in [4.78, 5) is 30.8. The molecular formula is C15H21N4O4P. The molecular weight excluding hydrogens is 331 g/mol. The normalized spacial score (nSPS) is 24.0. The Bertz CT molecular complexity index is 815. The van der Waals surface area contributed by atoms with Gasteiger partial charge in [0.25, 0.3) is 5.56 Å². The molecule has 4 atom stereocenters. The molecule has 0 aromatic carbocycles. The van der Waals surface area contributed by atoms with E-state index in [4.69, 9.17) is 4.74 Å². The highest BCUT2D eigenvalue weighted by Gasteiger charge is 2.33. The molecule has 0 saturated carbocycles. The minimum absolute atomic E-state index is 0.0619. The second kappa shape index (κ2) is 6.63. The van der Waals surface area contributed by atoms with Crippen molar-refractivity contribution in [1.82, 2.24) is 14.5 Å². The highest BCUT2D eigenvalue weighted by Crippen LogP contribution is 2.34. The molecule has 130 valence electrons. The van der Waals surface area contributed by atoms with Crippen LogP contribution in [0.3, 0.4) is 0 Å². The van der Waals surface area contributed by atoms with Crippen LogP contribution in [0.1, 0.15) is 26.5 Å². The molecule has 3 unspecified atom stereocenters. The van der Waals surface area contributed by atoms with Crippen LogP contribution >= 0.6 is 9.24 Å². The molecule has 9 heteroatoms. The third-order valence-electron chi connectivity index (χ3n) is 4.13. The van der Waals surface area contributed by atoms with Gasteiger partial charge >= 0.3 is 0 Å². The van der Waals surface area contributed by atoms with E-state index in [2.05, 4.69) is 24.5 Å². The van der Waals surface area contributed by atoms with Gasteiger partial charge in [-0.1, -0.05) is 13.8 Å². The van der Waals surface area contributed by atoms with E-state index in [1.807, 2.05) is 0 Å². The van der Waals surface area contributed by atoms with Crippen LogP contribution in [-0.4, -0.2) is 43.9 Å². The van der Waals surface area contributed by atoms with Crippen LogP contribution in [0.2, 0.25) is 0 Å². The number of anilines is 1. The number of rotatable bonds is 4. The first-order valence-electron chi connectivity index (χ1n) is 7.83. The summed E-state index contributed by atoms with van der Waals surface area (Å²) in [5, 5.41) is 12.0. The molecule has 1 aliphatic rings. The Kier molecular flexibility index (Phi) is 4.71. The second-order valence-corrected chi connectivity index (χ2v) is 7.11. The number of fused-ring (bicyclic) bond motifs is 1. The Balaban J connectivity index is 1.97. The molecule has 0 spiro atoms. The Hall–Kier alpha value is -1.76. The molecule has 2 aromatic rings. The summed E-state index contributed by atoms with van der Waals surface area (Å²) in [6.07, 6.45) is 1.65. The predicted molar refractivity (Wildman–Crippen MR) is 92.9 cm³/mol. The smallest absolute Gasteiger partial charge is 0.277 e. The van der Waals surface area contributed by atoms with Gasteiger partial charge in [-0.2, -0.15) is 0 Å². The number of hydrogen-bond acceptors (Lipinski definition) is 5. The van der Waals surface area contributed by atoms with Crippen LogP contribution < -0.4 is 10.9 Å². The number of hydrogen-bond donors (Lipinski definition) is 3. The zero-order valence-corrected chi connectivity index (χ0v) is 14.7. The average Bonchev–Trinajstić information content (AvgIpc) is 3.10. The monoisotopic (exact) mass is 352 g/mol. The number of imidazole rings is 1. The minimum Gasteiger partial charge on any atom is -0.394 e. The molecule has 1 saturated heterocycles. The number of pyridine rings is 1. The Morgan fingerprint density at radius 1 is 1.62 bits per heavy atom. The van der Waals surface area contributed by atoms with Crippen LogP contribution in [0.25, 0.3) is 11.0 Å². The average molecular weight is 352 g/mol. The van der Waals surface area contributed by atoms with Gasteiger partial charge in [0.2, 0.25) is 5.91 Å². The quantitative estimate of drug-likeness (QED) is 0.707. The fourth-order valence-electron chi connectivity index (χ4n) is 2.72. The molecule has 0 radical (unpaired) electrons. The fourth-order valence-corrected chi connectivity index (χ4v) is 3.16. The van der Waals surface area contributed by atoms with E-state index in [1.54, 1.807) is 30.8 Å².